The highest BCUT2D eigenvalue weighted by Crippen LogP contribution is 2.57. The molecule has 0 radical (unpaired) electrons. The monoisotopic (exact) mass is 632 g/mol. The van der Waals surface area contributed by atoms with Crippen molar-refractivity contribution in [3.63, 3.8) is 0 Å². The Morgan fingerprint density at radius 2 is 1.77 bits per heavy atom. The van der Waals surface area contributed by atoms with Crippen LogP contribution >= 0.6 is 10.0 Å². The molecule has 44 heavy (non-hydrogen) atoms. The normalized spacial score (nSPS) is 17.4. The molecule has 0 unspecified atom stereocenters. The van der Waals surface area contributed by atoms with Crippen LogP contribution < -0.4 is 10.2 Å². The number of nitrogens with zero attached hydrogens (tertiary/aromatic N) is 7. The van der Waals surface area contributed by atoms with Crippen LogP contribution in [0.5, 0.6) is 0 Å². The van der Waals surface area contributed by atoms with Gasteiger partial charge in [0.2, 0.25) is 17.8 Å². The van der Waals surface area contributed by atoms with E-state index in [0.29, 0.717) is 37.2 Å². The van der Waals surface area contributed by atoms with Crippen molar-refractivity contribution >= 4 is 27.5 Å². The number of anilines is 3. The Labute approximate surface area is 254 Å². The molecule has 1 saturated heterocycles. The van der Waals surface area contributed by atoms with Crippen LogP contribution in [0, 0.1) is 24.1 Å². The van der Waals surface area contributed by atoms with Gasteiger partial charge in [0.15, 0.2) is 5.82 Å². The number of rotatable bonds is 10. The summed E-state index contributed by atoms with van der Waals surface area (Å²) < 4.78 is 65.0. The molecule has 6 rings (SSSR count). The van der Waals surface area contributed by atoms with Crippen molar-refractivity contribution in [1.29, 1.82) is 0 Å². The predicted molar refractivity (Wildman–Crippen MR) is 165 cm³/mol. The van der Waals surface area contributed by atoms with Gasteiger partial charge in [-0.05, 0) is 55.5 Å². The Hall–Kier alpha value is -3.65. The number of ether oxygens (including phenoxy) is 1. The van der Waals surface area contributed by atoms with Crippen LogP contribution in [-0.2, 0) is 18.5 Å². The maximum Gasteiger partial charge on any atom is 0.249 e. The topological polar surface area (TPSA) is 85.9 Å². The van der Waals surface area contributed by atoms with Crippen molar-refractivity contribution in [2.24, 2.45) is 12.5 Å². The van der Waals surface area contributed by atoms with Crippen molar-refractivity contribution in [2.75, 3.05) is 54.4 Å². The van der Waals surface area contributed by atoms with E-state index in [0.717, 1.165) is 22.7 Å². The van der Waals surface area contributed by atoms with Crippen LogP contribution in [0.4, 0.5) is 35.0 Å². The third kappa shape index (κ3) is 6.27. The molecule has 1 spiro atoms. The highest BCUT2D eigenvalue weighted by molar-refractivity contribution is 8.32. The Kier molecular flexibility index (Phi) is 7.63. The molecule has 0 atom stereocenters. The molecular weight excluding hydrogens is 596 g/mol. The molecule has 14 heteroatoms. The first-order valence-electron chi connectivity index (χ1n) is 14.2. The molecule has 1 aromatic carbocycles. The molecule has 2 aliphatic rings. The lowest BCUT2D eigenvalue weighted by molar-refractivity contribution is -0.170. The van der Waals surface area contributed by atoms with E-state index in [1.165, 1.54) is 27.7 Å². The highest BCUT2D eigenvalue weighted by atomic mass is 32.3. The smallest absolute Gasteiger partial charge is 0.249 e. The summed E-state index contributed by atoms with van der Waals surface area (Å²) in [6.45, 7) is 3.72. The lowest BCUT2D eigenvalue weighted by Gasteiger charge is -2.59. The Bertz CT molecular complexity index is 1680. The average Bonchev–Trinajstić information content (AvgIpc) is 3.44. The van der Waals surface area contributed by atoms with Gasteiger partial charge >= 0.3 is 0 Å². The summed E-state index contributed by atoms with van der Waals surface area (Å²) in [5.41, 5.74) is 1.87. The second-order valence-electron chi connectivity index (χ2n) is 12.8. The quantitative estimate of drug-likeness (QED) is 0.170. The largest absolute Gasteiger partial charge is 0.358 e. The Morgan fingerprint density at radius 3 is 2.43 bits per heavy atom. The number of hydrogen-bond acceptors (Lipinski definition) is 7. The van der Waals surface area contributed by atoms with Crippen LogP contribution in [0.3, 0.4) is 0 Å². The van der Waals surface area contributed by atoms with Crippen molar-refractivity contribution in [2.45, 2.75) is 32.4 Å². The third-order valence-corrected chi connectivity index (χ3v) is 9.43. The summed E-state index contributed by atoms with van der Waals surface area (Å²) in [4.78, 5) is 11.1. The third-order valence-electron chi connectivity index (χ3n) is 8.04. The lowest BCUT2D eigenvalue weighted by Crippen LogP contribution is -2.66. The van der Waals surface area contributed by atoms with E-state index < -0.39 is 27.7 Å². The van der Waals surface area contributed by atoms with Gasteiger partial charge in [0, 0.05) is 73.4 Å². The molecule has 2 fully saturated rings. The van der Waals surface area contributed by atoms with E-state index in [2.05, 4.69) is 44.2 Å². The fourth-order valence-electron chi connectivity index (χ4n) is 5.80. The fraction of sp³-hybridized carbons (Fsp3) is 0.467. The minimum absolute atomic E-state index is 0.0467. The van der Waals surface area contributed by atoms with Crippen LogP contribution in [0.25, 0.3) is 22.5 Å². The Morgan fingerprint density at radius 1 is 1.02 bits per heavy atom. The van der Waals surface area contributed by atoms with Gasteiger partial charge in [-0.3, -0.25) is 0 Å². The van der Waals surface area contributed by atoms with Gasteiger partial charge in [0.1, 0.15) is 18.4 Å². The zero-order valence-corrected chi connectivity index (χ0v) is 26.2. The molecule has 1 saturated carbocycles. The number of aromatic nitrogens is 6. The van der Waals surface area contributed by atoms with Crippen LogP contribution in [0.2, 0.25) is 0 Å². The van der Waals surface area contributed by atoms with Crippen molar-refractivity contribution in [1.82, 2.24) is 29.5 Å². The maximum atomic E-state index is 15.2. The average molecular weight is 633 g/mol. The number of benzene rings is 1. The van der Waals surface area contributed by atoms with Gasteiger partial charge in [-0.15, -0.1) is 10.2 Å². The van der Waals surface area contributed by atoms with Crippen LogP contribution in [0.15, 0.2) is 36.7 Å². The second-order valence-corrected chi connectivity index (χ2v) is 17.4. The molecule has 0 bridgehead atoms. The first-order chi connectivity index (χ1) is 20.7. The van der Waals surface area contributed by atoms with E-state index in [1.807, 2.05) is 17.9 Å². The van der Waals surface area contributed by atoms with E-state index in [9.17, 15) is 13.2 Å². The number of alkyl halides is 2. The number of aryl methyl sites for hydroxylation is 2. The molecular formula is C30H36F4N8OS. The zero-order valence-electron chi connectivity index (χ0n) is 25.4. The van der Waals surface area contributed by atoms with E-state index >= 15 is 4.39 Å². The molecule has 236 valence electrons. The summed E-state index contributed by atoms with van der Waals surface area (Å²) in [6, 6.07) is 6.30. The van der Waals surface area contributed by atoms with Crippen molar-refractivity contribution in [3.05, 3.63) is 54.0 Å². The van der Waals surface area contributed by atoms with Crippen LogP contribution in [0.1, 0.15) is 18.4 Å². The number of nitrogens with one attached hydrogen (secondary N) is 1. The number of hydrogen-bond donors (Lipinski definition) is 1. The number of halogens is 4. The molecule has 4 heterocycles. The number of pyridine rings is 1. The molecule has 1 aliphatic carbocycles. The SMILES string of the molecule is Cc1cc(N2CC3(C2)CC(F)(F)C3)ncc1-c1nc(Nc2ccc(-c3cn(COCCS(C)(C)C)nc3F)c(F)c2)n(C)n1. The first-order valence-corrected chi connectivity index (χ1v) is 17.3. The molecule has 4 aromatic rings. The molecule has 0 amide bonds. The molecule has 9 nitrogen and oxygen atoms in total. The van der Waals surface area contributed by atoms with Crippen molar-refractivity contribution in [3.8, 4) is 22.5 Å². The maximum absolute atomic E-state index is 15.2. The van der Waals surface area contributed by atoms with Gasteiger partial charge in [-0.2, -0.15) is 9.37 Å². The summed E-state index contributed by atoms with van der Waals surface area (Å²) in [7, 11) is 1.01. The summed E-state index contributed by atoms with van der Waals surface area (Å²) in [5, 5.41) is 11.4. The van der Waals surface area contributed by atoms with Gasteiger partial charge < -0.3 is 15.0 Å². The minimum atomic E-state index is -2.53. The fourth-order valence-corrected chi connectivity index (χ4v) is 6.42. The van der Waals surface area contributed by atoms with Gasteiger partial charge in [0.25, 0.3) is 0 Å². The van der Waals surface area contributed by atoms with E-state index in [-0.39, 0.29) is 36.1 Å². The van der Waals surface area contributed by atoms with Crippen molar-refractivity contribution < 1.29 is 22.3 Å². The van der Waals surface area contributed by atoms with Crippen LogP contribution in [-0.4, -0.2) is 79.7 Å². The first kappa shape index (κ1) is 30.4. The Balaban J connectivity index is 1.10. The predicted octanol–water partition coefficient (Wildman–Crippen LogP) is 5.97. The summed E-state index contributed by atoms with van der Waals surface area (Å²) in [5.74, 6) is -1.46. The minimum Gasteiger partial charge on any atom is -0.358 e. The summed E-state index contributed by atoms with van der Waals surface area (Å²) >= 11 is 0. The second kappa shape index (κ2) is 11.1. The summed E-state index contributed by atoms with van der Waals surface area (Å²) in [6.07, 6.45) is 9.60. The van der Waals surface area contributed by atoms with E-state index in [1.54, 1.807) is 19.3 Å². The lowest BCUT2D eigenvalue weighted by atomic mass is 9.61. The highest BCUT2D eigenvalue weighted by Gasteiger charge is 2.61. The van der Waals surface area contributed by atoms with Gasteiger partial charge in [-0.1, -0.05) is 0 Å². The van der Waals surface area contributed by atoms with Gasteiger partial charge in [-0.25, -0.2) is 37.5 Å². The molecule has 1 N–H and O–H groups in total. The molecule has 1 aliphatic heterocycles. The standard InChI is InChI=1S/C30H36F4N8OS/c1-19-10-25(41-16-29(17-41)14-30(33,34)15-29)35-12-22(19)27-37-28(40(2)39-27)36-20-6-7-21(24(31)11-20)23-13-42(38-26(23)32)18-43-8-9-44(3,4)5/h6-7,10-13H,8-9,14-18H2,1-5H3,(H,36,37,39). The van der Waals surface area contributed by atoms with E-state index in [4.69, 9.17) is 4.74 Å². The molecule has 3 aromatic heterocycles. The van der Waals surface area contributed by atoms with Gasteiger partial charge in [0.05, 0.1) is 12.2 Å². The zero-order chi connectivity index (χ0) is 31.4.